The van der Waals surface area contributed by atoms with E-state index in [0.717, 1.165) is 6.07 Å². The van der Waals surface area contributed by atoms with Gasteiger partial charge in [0.25, 0.3) is 11.5 Å². The van der Waals surface area contributed by atoms with E-state index in [2.05, 4.69) is 9.72 Å². The number of hydrogen-bond acceptors (Lipinski definition) is 6. The van der Waals surface area contributed by atoms with Gasteiger partial charge in [-0.1, -0.05) is 13.8 Å². The molecule has 1 aliphatic heterocycles. The molecular formula is C25H24F4N4O5. The number of rotatable bonds is 6. The second kappa shape index (κ2) is 8.58. The first-order chi connectivity index (χ1) is 17.8. The van der Waals surface area contributed by atoms with Crippen LogP contribution < -0.4 is 10.3 Å². The lowest BCUT2D eigenvalue weighted by molar-refractivity contribution is -0.275. The Morgan fingerprint density at radius 1 is 1.16 bits per heavy atom. The standard InChI is InChI=1S/C25H24F4N4O5/c1-23(2)11-24(23,15-7-20(38-25(27,28)29)16(26)8-19(15)35)12-31-5-6-33-18(21(31)36)4-3-17(22(33)37)32-9-14(10-34)30-13-32/h3-4,7-9,13,34-35H,5-6,10-12H2,1-2H3. The zero-order valence-corrected chi connectivity index (χ0v) is 20.4. The molecule has 2 N–H and O–H groups in total. The fourth-order valence-electron chi connectivity index (χ4n) is 5.36. The lowest BCUT2D eigenvalue weighted by Crippen LogP contribution is -2.48. The van der Waals surface area contributed by atoms with E-state index in [1.807, 2.05) is 13.8 Å². The van der Waals surface area contributed by atoms with Gasteiger partial charge in [0.05, 0.1) is 18.6 Å². The van der Waals surface area contributed by atoms with Crippen molar-refractivity contribution in [1.29, 1.82) is 0 Å². The number of benzene rings is 1. The highest BCUT2D eigenvalue weighted by atomic mass is 19.4. The summed E-state index contributed by atoms with van der Waals surface area (Å²) in [6, 6.07) is 4.40. The van der Waals surface area contributed by atoms with Gasteiger partial charge >= 0.3 is 6.36 Å². The van der Waals surface area contributed by atoms with Crippen LogP contribution in [0.2, 0.25) is 0 Å². The highest BCUT2D eigenvalue weighted by molar-refractivity contribution is 5.93. The molecular weight excluding hydrogens is 512 g/mol. The van der Waals surface area contributed by atoms with Gasteiger partial charge in [-0.15, -0.1) is 13.2 Å². The number of hydrogen-bond donors (Lipinski definition) is 2. The number of phenols is 1. The van der Waals surface area contributed by atoms with Gasteiger partial charge in [0.1, 0.15) is 17.1 Å². The van der Waals surface area contributed by atoms with Gasteiger partial charge in [0.2, 0.25) is 0 Å². The molecule has 3 aromatic rings. The van der Waals surface area contributed by atoms with Crippen molar-refractivity contribution >= 4 is 5.91 Å². The SMILES string of the molecule is CC1(C)CC1(CN1CCn2c(ccc(-n3cnc(CO)c3)c2=O)C1=O)c1cc(OC(F)(F)F)c(F)cc1O. The number of amides is 1. The monoisotopic (exact) mass is 536 g/mol. The van der Waals surface area contributed by atoms with Crippen LogP contribution >= 0.6 is 0 Å². The maximum atomic E-state index is 14.2. The Morgan fingerprint density at radius 3 is 2.47 bits per heavy atom. The Labute approximate surface area is 213 Å². The number of fused-ring (bicyclic) bond motifs is 1. The molecule has 9 nitrogen and oxygen atoms in total. The number of halogens is 4. The predicted molar refractivity (Wildman–Crippen MR) is 124 cm³/mol. The highest BCUT2D eigenvalue weighted by Crippen LogP contribution is 2.66. The van der Waals surface area contributed by atoms with Crippen LogP contribution in [-0.4, -0.2) is 54.6 Å². The number of imidazole rings is 1. The summed E-state index contributed by atoms with van der Waals surface area (Å²) in [6.45, 7) is 3.70. The van der Waals surface area contributed by atoms with Crippen molar-refractivity contribution in [3.63, 3.8) is 0 Å². The normalized spacial score (nSPS) is 20.4. The van der Waals surface area contributed by atoms with Crippen molar-refractivity contribution in [2.45, 2.75) is 45.2 Å². The maximum Gasteiger partial charge on any atom is 0.573 e. The van der Waals surface area contributed by atoms with Crippen LogP contribution in [0.5, 0.6) is 11.5 Å². The van der Waals surface area contributed by atoms with E-state index in [4.69, 9.17) is 0 Å². The van der Waals surface area contributed by atoms with Crippen LogP contribution in [0.1, 0.15) is 42.0 Å². The molecule has 2 aromatic heterocycles. The van der Waals surface area contributed by atoms with E-state index < -0.39 is 46.0 Å². The quantitative estimate of drug-likeness (QED) is 0.469. The van der Waals surface area contributed by atoms with Crippen LogP contribution in [0.3, 0.4) is 0 Å². The lowest BCUT2D eigenvalue weighted by atomic mass is 9.86. The molecule has 1 atom stereocenters. The van der Waals surface area contributed by atoms with Crippen LogP contribution in [0.15, 0.2) is 41.6 Å². The molecule has 1 unspecified atom stereocenters. The average Bonchev–Trinajstić information content (AvgIpc) is 3.15. The summed E-state index contributed by atoms with van der Waals surface area (Å²) >= 11 is 0. The summed E-state index contributed by atoms with van der Waals surface area (Å²) in [4.78, 5) is 32.0. The number of alkyl halides is 3. The van der Waals surface area contributed by atoms with E-state index in [1.165, 1.54) is 38.7 Å². The van der Waals surface area contributed by atoms with Gasteiger partial charge in [-0.2, -0.15) is 0 Å². The molecule has 1 fully saturated rings. The van der Waals surface area contributed by atoms with Gasteiger partial charge in [-0.3, -0.25) is 9.59 Å². The maximum absolute atomic E-state index is 14.2. The number of pyridine rings is 1. The van der Waals surface area contributed by atoms with E-state index in [-0.39, 0.29) is 43.2 Å². The molecule has 0 bridgehead atoms. The molecule has 1 aromatic carbocycles. The first kappa shape index (κ1) is 25.8. The minimum Gasteiger partial charge on any atom is -0.508 e. The molecule has 0 radical (unpaired) electrons. The van der Waals surface area contributed by atoms with E-state index in [0.29, 0.717) is 18.2 Å². The Morgan fingerprint density at radius 2 is 1.87 bits per heavy atom. The fourth-order valence-corrected chi connectivity index (χ4v) is 5.36. The molecule has 0 spiro atoms. The first-order valence-electron chi connectivity index (χ1n) is 11.7. The van der Waals surface area contributed by atoms with Crippen LogP contribution in [0.4, 0.5) is 17.6 Å². The van der Waals surface area contributed by atoms with E-state index >= 15 is 0 Å². The van der Waals surface area contributed by atoms with E-state index in [9.17, 15) is 37.4 Å². The molecule has 3 heterocycles. The van der Waals surface area contributed by atoms with Gasteiger partial charge in [0, 0.05) is 42.9 Å². The van der Waals surface area contributed by atoms with Crippen molar-refractivity contribution in [3.05, 3.63) is 69.9 Å². The average molecular weight is 536 g/mol. The first-order valence-corrected chi connectivity index (χ1v) is 11.7. The molecule has 5 rings (SSSR count). The second-order valence-electron chi connectivity index (χ2n) is 10.2. The summed E-state index contributed by atoms with van der Waals surface area (Å²) in [5.41, 5.74) is -1.13. The highest BCUT2D eigenvalue weighted by Gasteiger charge is 2.64. The van der Waals surface area contributed by atoms with Gasteiger partial charge in [-0.05, 0) is 30.0 Å². The molecule has 1 amide bonds. The van der Waals surface area contributed by atoms with Gasteiger partial charge in [-0.25, -0.2) is 9.37 Å². The van der Waals surface area contributed by atoms with Crippen molar-refractivity contribution in [2.24, 2.45) is 5.41 Å². The largest absolute Gasteiger partial charge is 0.573 e. The molecule has 1 aliphatic carbocycles. The molecule has 1 saturated carbocycles. The summed E-state index contributed by atoms with van der Waals surface area (Å²) in [6.07, 6.45) is -1.83. The third-order valence-electron chi connectivity index (χ3n) is 7.50. The molecule has 2 aliphatic rings. The zero-order chi connectivity index (χ0) is 27.6. The van der Waals surface area contributed by atoms with Crippen LogP contribution in [0, 0.1) is 11.2 Å². The number of ether oxygens (including phenoxy) is 1. The number of aromatic nitrogens is 3. The molecule has 38 heavy (non-hydrogen) atoms. The fraction of sp³-hybridized carbons (Fsp3) is 0.400. The Kier molecular flexibility index (Phi) is 5.82. The number of carbonyl (C=O) groups is 1. The topological polar surface area (TPSA) is 110 Å². The summed E-state index contributed by atoms with van der Waals surface area (Å²) < 4.78 is 59.2. The minimum atomic E-state index is -5.13. The minimum absolute atomic E-state index is 0.0286. The lowest BCUT2D eigenvalue weighted by Gasteiger charge is -2.34. The second-order valence-corrected chi connectivity index (χ2v) is 10.2. The Balaban J connectivity index is 1.47. The Bertz CT molecular complexity index is 1500. The van der Waals surface area contributed by atoms with Gasteiger partial charge < -0.3 is 29.0 Å². The van der Waals surface area contributed by atoms with Crippen molar-refractivity contribution in [2.75, 3.05) is 13.1 Å². The van der Waals surface area contributed by atoms with Crippen molar-refractivity contribution in [3.8, 4) is 17.2 Å². The summed E-state index contributed by atoms with van der Waals surface area (Å²) in [5, 5.41) is 19.8. The molecule has 0 saturated heterocycles. The van der Waals surface area contributed by atoms with Crippen LogP contribution in [0.25, 0.3) is 5.69 Å². The van der Waals surface area contributed by atoms with Crippen LogP contribution in [-0.2, 0) is 18.6 Å². The molecule has 202 valence electrons. The summed E-state index contributed by atoms with van der Waals surface area (Å²) in [7, 11) is 0. The molecule has 13 heteroatoms. The summed E-state index contributed by atoms with van der Waals surface area (Å²) in [5.74, 6) is -3.42. The number of nitrogens with zero attached hydrogens (tertiary/aromatic N) is 4. The zero-order valence-electron chi connectivity index (χ0n) is 20.4. The third kappa shape index (κ3) is 4.20. The number of aromatic hydroxyl groups is 1. The van der Waals surface area contributed by atoms with Crippen molar-refractivity contribution < 1.29 is 37.3 Å². The number of carbonyl (C=O) groups excluding carboxylic acids is 1. The van der Waals surface area contributed by atoms with Crippen molar-refractivity contribution in [1.82, 2.24) is 19.0 Å². The number of aliphatic hydroxyl groups excluding tert-OH is 1. The smallest absolute Gasteiger partial charge is 0.508 e. The number of aliphatic hydroxyl groups is 1. The Hall–Kier alpha value is -3.87. The van der Waals surface area contributed by atoms with E-state index in [1.54, 1.807) is 0 Å². The predicted octanol–water partition coefficient (Wildman–Crippen LogP) is 3.09. The van der Waals surface area contributed by atoms with Gasteiger partial charge in [0.15, 0.2) is 11.6 Å². The third-order valence-corrected chi connectivity index (χ3v) is 7.50. The number of phenolic OH excluding ortho intramolecular Hbond substituents is 1.